The van der Waals surface area contributed by atoms with Crippen LogP contribution < -0.4 is 0 Å². The molecular formula is C20H18N6O2. The van der Waals surface area contributed by atoms with Gasteiger partial charge in [0.05, 0.1) is 30.6 Å². The molecule has 0 radical (unpaired) electrons. The summed E-state index contributed by atoms with van der Waals surface area (Å²) >= 11 is 0. The van der Waals surface area contributed by atoms with E-state index in [1.807, 2.05) is 60.7 Å². The van der Waals surface area contributed by atoms with Crippen LogP contribution in [0.3, 0.4) is 0 Å². The van der Waals surface area contributed by atoms with Crippen LogP contribution >= 0.6 is 0 Å². The fourth-order valence-electron chi connectivity index (χ4n) is 2.65. The van der Waals surface area contributed by atoms with Gasteiger partial charge in [0, 0.05) is 18.2 Å². The van der Waals surface area contributed by atoms with Crippen molar-refractivity contribution >= 4 is 5.97 Å². The average Bonchev–Trinajstić information content (AvgIpc) is 3.42. The highest BCUT2D eigenvalue weighted by molar-refractivity contribution is 5.88. The summed E-state index contributed by atoms with van der Waals surface area (Å²) in [4.78, 5) is 13.7. The van der Waals surface area contributed by atoms with Crippen molar-refractivity contribution in [2.24, 2.45) is 0 Å². The van der Waals surface area contributed by atoms with Crippen LogP contribution in [-0.2, 0) is 11.3 Å². The highest BCUT2D eigenvalue weighted by Crippen LogP contribution is 2.12. The minimum absolute atomic E-state index is 0.261. The highest BCUT2D eigenvalue weighted by atomic mass is 16.5. The molecule has 4 rings (SSSR count). The number of carbonyl (C=O) groups excluding carboxylic acids is 1. The monoisotopic (exact) mass is 374 g/mol. The number of carbonyl (C=O) groups is 1. The number of aryl methyl sites for hydroxylation is 1. The molecule has 28 heavy (non-hydrogen) atoms. The van der Waals surface area contributed by atoms with Crippen LogP contribution in [0.2, 0.25) is 0 Å². The first-order chi connectivity index (χ1) is 13.8. The highest BCUT2D eigenvalue weighted by Gasteiger charge is 2.11. The molecule has 0 saturated carbocycles. The van der Waals surface area contributed by atoms with E-state index in [9.17, 15) is 4.79 Å². The molecular weight excluding hydrogens is 356 g/mol. The lowest BCUT2D eigenvalue weighted by Gasteiger charge is -2.02. The molecule has 0 aliphatic heterocycles. The van der Waals surface area contributed by atoms with Crippen LogP contribution in [0.25, 0.3) is 17.1 Å². The van der Waals surface area contributed by atoms with Crippen molar-refractivity contribution in [3.63, 3.8) is 0 Å². The SMILES string of the molecule is O=C(OCCCn1nnc(-c2ccccc2)n1)c1cnn(-c2ccccc2)c1. The number of hydrogen-bond donors (Lipinski definition) is 0. The number of benzene rings is 2. The number of esters is 1. The molecule has 8 heteroatoms. The van der Waals surface area contributed by atoms with E-state index in [0.29, 0.717) is 24.4 Å². The van der Waals surface area contributed by atoms with Gasteiger partial charge in [0.1, 0.15) is 0 Å². The fraction of sp³-hybridized carbons (Fsp3) is 0.150. The van der Waals surface area contributed by atoms with E-state index in [-0.39, 0.29) is 6.61 Å². The Hall–Kier alpha value is -3.81. The van der Waals surface area contributed by atoms with E-state index < -0.39 is 5.97 Å². The van der Waals surface area contributed by atoms with Crippen LogP contribution in [0.4, 0.5) is 0 Å². The van der Waals surface area contributed by atoms with Crippen LogP contribution in [0, 0.1) is 0 Å². The number of tetrazole rings is 1. The molecule has 140 valence electrons. The number of nitrogens with zero attached hydrogens (tertiary/aromatic N) is 6. The van der Waals surface area contributed by atoms with E-state index in [4.69, 9.17) is 4.74 Å². The number of para-hydroxylation sites is 1. The van der Waals surface area contributed by atoms with Gasteiger partial charge in [-0.25, -0.2) is 9.48 Å². The van der Waals surface area contributed by atoms with Crippen LogP contribution in [0.5, 0.6) is 0 Å². The normalized spacial score (nSPS) is 10.7. The Morgan fingerprint density at radius 1 is 1.00 bits per heavy atom. The molecule has 0 atom stereocenters. The molecule has 0 saturated heterocycles. The molecule has 0 bridgehead atoms. The van der Waals surface area contributed by atoms with E-state index in [0.717, 1.165) is 11.3 Å². The first-order valence-corrected chi connectivity index (χ1v) is 8.90. The summed E-state index contributed by atoms with van der Waals surface area (Å²) in [5, 5.41) is 16.6. The Kier molecular flexibility index (Phi) is 5.19. The van der Waals surface area contributed by atoms with E-state index in [1.165, 1.54) is 11.0 Å². The van der Waals surface area contributed by atoms with Crippen molar-refractivity contribution < 1.29 is 9.53 Å². The topological polar surface area (TPSA) is 87.7 Å². The summed E-state index contributed by atoms with van der Waals surface area (Å²) < 4.78 is 6.95. The second kappa shape index (κ2) is 8.26. The van der Waals surface area contributed by atoms with Gasteiger partial charge in [-0.3, -0.25) is 0 Å². The smallest absolute Gasteiger partial charge is 0.341 e. The lowest BCUT2D eigenvalue weighted by molar-refractivity contribution is 0.0493. The van der Waals surface area contributed by atoms with Crippen molar-refractivity contribution in [2.45, 2.75) is 13.0 Å². The Balaban J connectivity index is 1.26. The molecule has 0 spiro atoms. The van der Waals surface area contributed by atoms with Gasteiger partial charge < -0.3 is 4.74 Å². The van der Waals surface area contributed by atoms with Gasteiger partial charge in [-0.05, 0) is 17.3 Å². The largest absolute Gasteiger partial charge is 0.462 e. The summed E-state index contributed by atoms with van der Waals surface area (Å²) in [5.74, 6) is 0.171. The maximum atomic E-state index is 12.2. The summed E-state index contributed by atoms with van der Waals surface area (Å²) in [6, 6.07) is 19.2. The third-order valence-electron chi connectivity index (χ3n) is 4.06. The first kappa shape index (κ1) is 17.6. The maximum absolute atomic E-state index is 12.2. The number of aromatic nitrogens is 6. The number of ether oxygens (including phenoxy) is 1. The molecule has 0 amide bonds. The third kappa shape index (κ3) is 4.12. The zero-order chi connectivity index (χ0) is 19.2. The predicted molar refractivity (Wildman–Crippen MR) is 102 cm³/mol. The van der Waals surface area contributed by atoms with Gasteiger partial charge in [-0.1, -0.05) is 48.5 Å². The van der Waals surface area contributed by atoms with Crippen molar-refractivity contribution in [2.75, 3.05) is 6.61 Å². The summed E-state index contributed by atoms with van der Waals surface area (Å²) in [7, 11) is 0. The van der Waals surface area contributed by atoms with Crippen LogP contribution in [-0.4, -0.2) is 42.6 Å². The van der Waals surface area contributed by atoms with Gasteiger partial charge >= 0.3 is 5.97 Å². The van der Waals surface area contributed by atoms with Crippen LogP contribution in [0.1, 0.15) is 16.8 Å². The second-order valence-corrected chi connectivity index (χ2v) is 6.07. The molecule has 0 N–H and O–H groups in total. The van der Waals surface area contributed by atoms with E-state index >= 15 is 0 Å². The average molecular weight is 374 g/mol. The van der Waals surface area contributed by atoms with E-state index in [2.05, 4.69) is 20.5 Å². The Morgan fingerprint density at radius 2 is 1.75 bits per heavy atom. The molecule has 8 nitrogen and oxygen atoms in total. The maximum Gasteiger partial charge on any atom is 0.341 e. The minimum atomic E-state index is -0.404. The van der Waals surface area contributed by atoms with Crippen molar-refractivity contribution in [1.29, 1.82) is 0 Å². The summed E-state index contributed by atoms with van der Waals surface area (Å²) in [6.45, 7) is 0.772. The molecule has 0 aliphatic carbocycles. The van der Waals surface area contributed by atoms with Gasteiger partial charge in [-0.15, -0.1) is 10.2 Å². The molecule has 2 aromatic heterocycles. The zero-order valence-electron chi connectivity index (χ0n) is 15.0. The predicted octanol–water partition coefficient (Wildman–Crippen LogP) is 2.77. The molecule has 0 unspecified atom stereocenters. The Bertz CT molecular complexity index is 1040. The van der Waals surface area contributed by atoms with Crippen molar-refractivity contribution in [3.8, 4) is 17.1 Å². The molecule has 0 fully saturated rings. The number of hydrogen-bond acceptors (Lipinski definition) is 6. The quantitative estimate of drug-likeness (QED) is 0.365. The minimum Gasteiger partial charge on any atom is -0.462 e. The van der Waals surface area contributed by atoms with Gasteiger partial charge in [-0.2, -0.15) is 9.90 Å². The van der Waals surface area contributed by atoms with Crippen molar-refractivity contribution in [3.05, 3.63) is 78.6 Å². The van der Waals surface area contributed by atoms with Gasteiger partial charge in [0.25, 0.3) is 0 Å². The molecule has 0 aliphatic rings. The Morgan fingerprint density at radius 3 is 2.54 bits per heavy atom. The Labute approximate surface area is 161 Å². The standard InChI is InChI=1S/C20H18N6O2/c27-20(17-14-21-25(15-17)18-10-5-2-6-11-18)28-13-7-12-26-23-19(22-24-26)16-8-3-1-4-9-16/h1-6,8-11,14-15H,7,12-13H2. The van der Waals surface area contributed by atoms with Gasteiger partial charge in [0.2, 0.25) is 5.82 Å². The third-order valence-corrected chi connectivity index (χ3v) is 4.06. The zero-order valence-corrected chi connectivity index (χ0v) is 15.0. The lowest BCUT2D eigenvalue weighted by atomic mass is 10.2. The van der Waals surface area contributed by atoms with Crippen molar-refractivity contribution in [1.82, 2.24) is 30.0 Å². The molecule has 4 aromatic rings. The molecule has 2 aromatic carbocycles. The van der Waals surface area contributed by atoms with Gasteiger partial charge in [0.15, 0.2) is 0 Å². The van der Waals surface area contributed by atoms with E-state index in [1.54, 1.807) is 10.9 Å². The first-order valence-electron chi connectivity index (χ1n) is 8.90. The van der Waals surface area contributed by atoms with Crippen LogP contribution in [0.15, 0.2) is 73.1 Å². The number of rotatable bonds is 7. The summed E-state index contributed by atoms with van der Waals surface area (Å²) in [5.41, 5.74) is 2.21. The lowest BCUT2D eigenvalue weighted by Crippen LogP contribution is -2.10. The molecule has 2 heterocycles. The fourth-order valence-corrected chi connectivity index (χ4v) is 2.65. The second-order valence-electron chi connectivity index (χ2n) is 6.07. The summed E-state index contributed by atoms with van der Waals surface area (Å²) in [6.07, 6.45) is 3.74.